The van der Waals surface area contributed by atoms with Crippen LogP contribution in [0.3, 0.4) is 0 Å². The number of hydrogen-bond acceptors (Lipinski definition) is 7. The van der Waals surface area contributed by atoms with E-state index in [1.54, 1.807) is 0 Å². The summed E-state index contributed by atoms with van der Waals surface area (Å²) in [5.74, 6) is 4.78. The quantitative estimate of drug-likeness (QED) is 0.525. The van der Waals surface area contributed by atoms with Gasteiger partial charge >= 0.3 is 0 Å². The van der Waals surface area contributed by atoms with E-state index in [0.717, 1.165) is 60.5 Å². The number of aliphatic hydroxyl groups is 1. The van der Waals surface area contributed by atoms with E-state index in [0.29, 0.717) is 19.7 Å². The van der Waals surface area contributed by atoms with E-state index in [-0.39, 0.29) is 0 Å². The third kappa shape index (κ3) is 6.80. The molecule has 1 atom stereocenters. The number of aliphatic hydroxyl groups excluding tert-OH is 1. The Morgan fingerprint density at radius 2 is 2.15 bits per heavy atom. The fourth-order valence-corrected chi connectivity index (χ4v) is 4.01. The van der Waals surface area contributed by atoms with Crippen molar-refractivity contribution in [3.63, 3.8) is 0 Å². The molecule has 27 heavy (non-hydrogen) atoms. The van der Waals surface area contributed by atoms with Crippen molar-refractivity contribution in [2.75, 3.05) is 44.3 Å². The molecule has 0 aliphatic carbocycles. The summed E-state index contributed by atoms with van der Waals surface area (Å²) in [4.78, 5) is 6.61. The van der Waals surface area contributed by atoms with E-state index in [4.69, 9.17) is 4.74 Å². The zero-order valence-electron chi connectivity index (χ0n) is 15.9. The van der Waals surface area contributed by atoms with Crippen molar-refractivity contribution < 1.29 is 9.84 Å². The lowest BCUT2D eigenvalue weighted by atomic mass is 10.2. The van der Waals surface area contributed by atoms with Crippen molar-refractivity contribution in [3.8, 4) is 5.75 Å². The van der Waals surface area contributed by atoms with Gasteiger partial charge in [-0.15, -0.1) is 0 Å². The zero-order valence-corrected chi connectivity index (χ0v) is 16.7. The molecule has 1 aliphatic rings. The van der Waals surface area contributed by atoms with Gasteiger partial charge in [0.15, 0.2) is 5.82 Å². The highest BCUT2D eigenvalue weighted by Crippen LogP contribution is 2.18. The van der Waals surface area contributed by atoms with Crippen molar-refractivity contribution in [1.29, 1.82) is 0 Å². The lowest BCUT2D eigenvalue weighted by Gasteiger charge is -2.28. The van der Waals surface area contributed by atoms with E-state index < -0.39 is 6.10 Å². The molecule has 2 heterocycles. The monoisotopic (exact) mass is 391 g/mol. The fourth-order valence-electron chi connectivity index (χ4n) is 3.04. The van der Waals surface area contributed by atoms with E-state index in [9.17, 15) is 5.11 Å². The molecule has 1 aliphatic heterocycles. The van der Waals surface area contributed by atoms with Gasteiger partial charge in [-0.3, -0.25) is 10.00 Å². The van der Waals surface area contributed by atoms with Crippen LogP contribution in [0.25, 0.3) is 0 Å². The zero-order chi connectivity index (χ0) is 18.9. The van der Waals surface area contributed by atoms with Crippen molar-refractivity contribution in [2.45, 2.75) is 26.0 Å². The third-order valence-corrected chi connectivity index (χ3v) is 5.40. The molecule has 1 aromatic heterocycles. The van der Waals surface area contributed by atoms with Crippen LogP contribution in [0.5, 0.6) is 5.75 Å². The molecule has 8 heteroatoms. The molecule has 0 radical (unpaired) electrons. The first-order valence-electron chi connectivity index (χ1n) is 9.48. The number of H-pyrrole nitrogens is 1. The van der Waals surface area contributed by atoms with Crippen LogP contribution in [0.1, 0.15) is 17.2 Å². The number of β-amino-alcohol motifs (C(OH)–C–C–N with tert-alkyl or cyclic N) is 1. The van der Waals surface area contributed by atoms with Gasteiger partial charge in [0.1, 0.15) is 24.3 Å². The summed E-state index contributed by atoms with van der Waals surface area (Å²) in [6.45, 7) is 6.49. The molecule has 1 aromatic carbocycles. The second-order valence-corrected chi connectivity index (χ2v) is 7.97. The lowest BCUT2D eigenvalue weighted by molar-refractivity contribution is 0.0711. The average molecular weight is 392 g/mol. The van der Waals surface area contributed by atoms with Gasteiger partial charge in [-0.05, 0) is 13.0 Å². The first-order valence-corrected chi connectivity index (χ1v) is 10.6. The maximum Gasteiger partial charge on any atom is 0.151 e. The smallest absolute Gasteiger partial charge is 0.151 e. The molecule has 1 saturated heterocycles. The molecule has 7 nitrogen and oxygen atoms in total. The van der Waals surface area contributed by atoms with E-state index in [1.807, 2.05) is 43.0 Å². The van der Waals surface area contributed by atoms with Gasteiger partial charge in [0.25, 0.3) is 0 Å². The van der Waals surface area contributed by atoms with Crippen LogP contribution in [-0.4, -0.2) is 75.6 Å². The minimum atomic E-state index is -0.469. The van der Waals surface area contributed by atoms with E-state index in [1.165, 1.54) is 0 Å². The number of nitrogens with zero attached hydrogens (tertiary/aromatic N) is 3. The number of nitrogens with one attached hydrogen (secondary N) is 2. The number of rotatable bonds is 10. The molecule has 0 saturated carbocycles. The molecule has 0 amide bonds. The number of thioether (sulfide) groups is 1. The number of para-hydroxylation sites is 1. The molecular weight excluding hydrogens is 362 g/mol. The van der Waals surface area contributed by atoms with Gasteiger partial charge in [0, 0.05) is 56.2 Å². The maximum atomic E-state index is 10.3. The number of aromatic amines is 1. The molecule has 0 spiro atoms. The molecule has 3 N–H and O–H groups in total. The van der Waals surface area contributed by atoms with Gasteiger partial charge in [-0.25, -0.2) is 4.98 Å². The number of benzene rings is 1. The van der Waals surface area contributed by atoms with Crippen molar-refractivity contribution in [3.05, 3.63) is 41.5 Å². The Bertz CT molecular complexity index is 690. The molecule has 3 rings (SSSR count). The van der Waals surface area contributed by atoms with Crippen molar-refractivity contribution >= 4 is 11.8 Å². The number of ether oxygens (including phenoxy) is 1. The standard InChI is InChI=1S/C19H29N5O2S/c1-15-21-19(23-22-15)6-7-20-12-16-4-2-3-5-18(16)26-14-17(25)13-24-8-10-27-11-9-24/h2-5,17,20,25H,6-14H2,1H3,(H,21,22,23)/t17-/m0/s1. The largest absolute Gasteiger partial charge is 0.491 e. The minimum absolute atomic E-state index is 0.317. The maximum absolute atomic E-state index is 10.3. The summed E-state index contributed by atoms with van der Waals surface area (Å²) in [5.41, 5.74) is 1.09. The van der Waals surface area contributed by atoms with Crippen molar-refractivity contribution in [1.82, 2.24) is 25.4 Å². The molecule has 2 aromatic rings. The molecule has 1 fully saturated rings. The third-order valence-electron chi connectivity index (χ3n) is 4.46. The Morgan fingerprint density at radius 1 is 1.33 bits per heavy atom. The van der Waals surface area contributed by atoms with Crippen LogP contribution in [-0.2, 0) is 13.0 Å². The first kappa shape index (κ1) is 20.1. The highest BCUT2D eigenvalue weighted by Gasteiger charge is 2.15. The minimum Gasteiger partial charge on any atom is -0.491 e. The van der Waals surface area contributed by atoms with Crippen molar-refractivity contribution in [2.24, 2.45) is 0 Å². The van der Waals surface area contributed by atoms with Crippen LogP contribution >= 0.6 is 11.8 Å². The summed E-state index contributed by atoms with van der Waals surface area (Å²) in [7, 11) is 0. The highest BCUT2D eigenvalue weighted by atomic mass is 32.2. The van der Waals surface area contributed by atoms with Crippen LogP contribution < -0.4 is 10.1 Å². The molecular formula is C19H29N5O2S. The van der Waals surface area contributed by atoms with E-state index in [2.05, 4.69) is 25.4 Å². The van der Waals surface area contributed by atoms with Gasteiger partial charge < -0.3 is 15.2 Å². The normalized spacial score (nSPS) is 16.4. The predicted octanol–water partition coefficient (Wildman–Crippen LogP) is 1.23. The van der Waals surface area contributed by atoms with Crippen LogP contribution in [0, 0.1) is 6.92 Å². The van der Waals surface area contributed by atoms with Crippen LogP contribution in [0.4, 0.5) is 0 Å². The summed E-state index contributed by atoms with van der Waals surface area (Å²) < 4.78 is 5.91. The molecule has 0 unspecified atom stereocenters. The summed E-state index contributed by atoms with van der Waals surface area (Å²) >= 11 is 1.98. The number of hydrogen-bond donors (Lipinski definition) is 3. The van der Waals surface area contributed by atoms with Crippen LogP contribution in [0.15, 0.2) is 24.3 Å². The second-order valence-electron chi connectivity index (χ2n) is 6.75. The molecule has 148 valence electrons. The Balaban J connectivity index is 1.41. The summed E-state index contributed by atoms with van der Waals surface area (Å²) in [6.07, 6.45) is 0.309. The van der Waals surface area contributed by atoms with Gasteiger partial charge in [0.2, 0.25) is 0 Å². The lowest BCUT2D eigenvalue weighted by Crippen LogP contribution is -2.40. The topological polar surface area (TPSA) is 86.3 Å². The Morgan fingerprint density at radius 3 is 2.93 bits per heavy atom. The molecule has 0 bridgehead atoms. The summed E-state index contributed by atoms with van der Waals surface area (Å²) in [6, 6.07) is 7.97. The van der Waals surface area contributed by atoms with Gasteiger partial charge in [-0.1, -0.05) is 18.2 Å². The number of aromatic nitrogens is 3. The Kier molecular flexibility index (Phi) is 7.94. The first-order chi connectivity index (χ1) is 13.2. The predicted molar refractivity (Wildman–Crippen MR) is 108 cm³/mol. The van der Waals surface area contributed by atoms with E-state index >= 15 is 0 Å². The van der Waals surface area contributed by atoms with Crippen LogP contribution in [0.2, 0.25) is 0 Å². The summed E-state index contributed by atoms with van der Waals surface area (Å²) in [5, 5.41) is 20.7. The fraction of sp³-hybridized carbons (Fsp3) is 0.579. The SMILES string of the molecule is Cc1nc(CCNCc2ccccc2OC[C@@H](O)CN2CCSCC2)n[nH]1. The number of aryl methyl sites for hydroxylation is 1. The average Bonchev–Trinajstić information content (AvgIpc) is 3.10. The van der Waals surface area contributed by atoms with Gasteiger partial charge in [0.05, 0.1) is 0 Å². The van der Waals surface area contributed by atoms with Gasteiger partial charge in [-0.2, -0.15) is 16.9 Å². The Hall–Kier alpha value is -1.61. The highest BCUT2D eigenvalue weighted by molar-refractivity contribution is 7.99. The Labute approximate surface area is 164 Å². The second kappa shape index (κ2) is 10.7.